The molecule has 0 saturated carbocycles. The van der Waals surface area contributed by atoms with E-state index in [-0.39, 0.29) is 22.6 Å². The van der Waals surface area contributed by atoms with E-state index in [4.69, 9.17) is 0 Å². The van der Waals surface area contributed by atoms with Gasteiger partial charge in [0.15, 0.2) is 0 Å². The topological polar surface area (TPSA) is 84.0 Å². The number of hydrogen-bond acceptors (Lipinski definition) is 4. The van der Waals surface area contributed by atoms with Crippen molar-refractivity contribution in [2.75, 3.05) is 12.4 Å². The van der Waals surface area contributed by atoms with Crippen LogP contribution in [0.1, 0.15) is 17.3 Å². The van der Waals surface area contributed by atoms with Crippen LogP contribution in [0, 0.1) is 11.6 Å². The first-order valence-electron chi connectivity index (χ1n) is 8.30. The molecule has 8 heteroatoms. The number of anilines is 1. The van der Waals surface area contributed by atoms with Gasteiger partial charge >= 0.3 is 0 Å². The number of rotatable bonds is 4. The lowest BCUT2D eigenvalue weighted by molar-refractivity contribution is -0.114. The van der Waals surface area contributed by atoms with Crippen LogP contribution in [0.4, 0.5) is 14.6 Å². The molecule has 0 bridgehead atoms. The summed E-state index contributed by atoms with van der Waals surface area (Å²) < 4.78 is 29.2. The third-order valence-electron chi connectivity index (χ3n) is 3.99. The summed E-state index contributed by atoms with van der Waals surface area (Å²) in [6, 6.07) is 6.98. The molecule has 142 valence electrons. The van der Waals surface area contributed by atoms with Gasteiger partial charge in [0.2, 0.25) is 5.91 Å². The van der Waals surface area contributed by atoms with Gasteiger partial charge in [-0.25, -0.2) is 13.8 Å². The van der Waals surface area contributed by atoms with Crippen LogP contribution in [-0.2, 0) is 4.79 Å². The molecule has 0 spiro atoms. The molecule has 0 aliphatic carbocycles. The SMILES string of the molecule is CNC(=O)c1ccc(F)c(-c2cncc(-c3ccnc(NC(C)=O)c3)c2)c1F. The lowest BCUT2D eigenvalue weighted by atomic mass is 9.99. The smallest absolute Gasteiger partial charge is 0.254 e. The summed E-state index contributed by atoms with van der Waals surface area (Å²) >= 11 is 0. The zero-order chi connectivity index (χ0) is 20.3. The summed E-state index contributed by atoms with van der Waals surface area (Å²) in [5, 5.41) is 4.89. The van der Waals surface area contributed by atoms with Crippen molar-refractivity contribution >= 4 is 17.6 Å². The lowest BCUT2D eigenvalue weighted by Gasteiger charge is -2.11. The predicted octanol–water partition coefficient (Wildman–Crippen LogP) is 3.41. The highest BCUT2D eigenvalue weighted by molar-refractivity contribution is 5.96. The summed E-state index contributed by atoms with van der Waals surface area (Å²) in [4.78, 5) is 31.1. The van der Waals surface area contributed by atoms with Crippen molar-refractivity contribution in [3.8, 4) is 22.3 Å². The average Bonchev–Trinajstić information content (AvgIpc) is 2.67. The molecular weight excluding hydrogens is 366 g/mol. The minimum absolute atomic E-state index is 0.177. The van der Waals surface area contributed by atoms with Crippen LogP contribution in [0.15, 0.2) is 48.9 Å². The fraction of sp³-hybridized carbons (Fsp3) is 0.100. The van der Waals surface area contributed by atoms with E-state index in [1.165, 1.54) is 32.6 Å². The van der Waals surface area contributed by atoms with E-state index in [2.05, 4.69) is 20.6 Å². The van der Waals surface area contributed by atoms with E-state index in [0.717, 1.165) is 12.1 Å². The monoisotopic (exact) mass is 382 g/mol. The van der Waals surface area contributed by atoms with Crippen LogP contribution in [0.2, 0.25) is 0 Å². The Balaban J connectivity index is 2.08. The number of carbonyl (C=O) groups is 2. The number of amides is 2. The summed E-state index contributed by atoms with van der Waals surface area (Å²) in [5.41, 5.74) is 0.788. The fourth-order valence-corrected chi connectivity index (χ4v) is 2.72. The maximum absolute atomic E-state index is 14.8. The second-order valence-electron chi connectivity index (χ2n) is 5.94. The van der Waals surface area contributed by atoms with E-state index in [1.54, 1.807) is 18.2 Å². The Morgan fingerprint density at radius 2 is 1.75 bits per heavy atom. The number of nitrogens with one attached hydrogen (secondary N) is 2. The quantitative estimate of drug-likeness (QED) is 0.724. The highest BCUT2D eigenvalue weighted by Gasteiger charge is 2.20. The van der Waals surface area contributed by atoms with Gasteiger partial charge in [-0.2, -0.15) is 0 Å². The van der Waals surface area contributed by atoms with Gasteiger partial charge in [0, 0.05) is 43.7 Å². The molecule has 1 aromatic carbocycles. The first kappa shape index (κ1) is 19.1. The molecular formula is C20H16F2N4O2. The van der Waals surface area contributed by atoms with Gasteiger partial charge in [-0.3, -0.25) is 14.6 Å². The van der Waals surface area contributed by atoms with Crippen LogP contribution in [-0.4, -0.2) is 28.8 Å². The second kappa shape index (κ2) is 7.91. The molecule has 28 heavy (non-hydrogen) atoms. The number of carbonyl (C=O) groups excluding carboxylic acids is 2. The van der Waals surface area contributed by atoms with Crippen molar-refractivity contribution in [3.63, 3.8) is 0 Å². The van der Waals surface area contributed by atoms with E-state index in [1.807, 2.05) is 0 Å². The first-order chi connectivity index (χ1) is 13.4. The molecule has 0 aliphatic heterocycles. The van der Waals surface area contributed by atoms with Crippen molar-refractivity contribution in [3.05, 3.63) is 66.1 Å². The van der Waals surface area contributed by atoms with Gasteiger partial charge in [0.1, 0.15) is 17.5 Å². The number of pyridine rings is 2. The first-order valence-corrected chi connectivity index (χ1v) is 8.30. The van der Waals surface area contributed by atoms with Gasteiger partial charge < -0.3 is 10.6 Å². The Labute approximate surface area is 159 Å². The van der Waals surface area contributed by atoms with Crippen LogP contribution < -0.4 is 10.6 Å². The summed E-state index contributed by atoms with van der Waals surface area (Å²) in [5.74, 6) is -2.36. The molecule has 2 amide bonds. The van der Waals surface area contributed by atoms with Crippen molar-refractivity contribution in [2.45, 2.75) is 6.92 Å². The zero-order valence-corrected chi connectivity index (χ0v) is 15.1. The number of nitrogens with zero attached hydrogens (tertiary/aromatic N) is 2. The Kier molecular flexibility index (Phi) is 5.39. The molecule has 0 saturated heterocycles. The third-order valence-corrected chi connectivity index (χ3v) is 3.99. The van der Waals surface area contributed by atoms with Gasteiger partial charge in [0.05, 0.1) is 11.1 Å². The van der Waals surface area contributed by atoms with Crippen LogP contribution in [0.3, 0.4) is 0 Å². The Morgan fingerprint density at radius 1 is 1.00 bits per heavy atom. The van der Waals surface area contributed by atoms with Gasteiger partial charge in [-0.05, 0) is 35.9 Å². The standard InChI is InChI=1S/C20H16F2N4O2/c1-11(27)26-17-8-12(5-6-25-17)13-7-14(10-24-9-13)18-16(21)4-3-15(19(18)22)20(28)23-2/h3-10H,1-2H3,(H,23,28)(H,25,26,27). The molecule has 2 aromatic heterocycles. The van der Waals surface area contributed by atoms with Crippen LogP contribution >= 0.6 is 0 Å². The summed E-state index contributed by atoms with van der Waals surface area (Å²) in [6.07, 6.45) is 4.34. The maximum atomic E-state index is 14.8. The molecule has 2 heterocycles. The van der Waals surface area contributed by atoms with Crippen molar-refractivity contribution in [2.24, 2.45) is 0 Å². The van der Waals surface area contributed by atoms with Gasteiger partial charge in [-0.15, -0.1) is 0 Å². The minimum Gasteiger partial charge on any atom is -0.355 e. The summed E-state index contributed by atoms with van der Waals surface area (Å²) in [6.45, 7) is 1.36. The highest BCUT2D eigenvalue weighted by atomic mass is 19.1. The Hall–Kier alpha value is -3.68. The van der Waals surface area contributed by atoms with Gasteiger partial charge in [0.25, 0.3) is 5.91 Å². The predicted molar refractivity (Wildman–Crippen MR) is 101 cm³/mol. The fourth-order valence-electron chi connectivity index (χ4n) is 2.72. The Morgan fingerprint density at radius 3 is 2.46 bits per heavy atom. The van der Waals surface area contributed by atoms with Crippen molar-refractivity contribution < 1.29 is 18.4 Å². The number of hydrogen-bond donors (Lipinski definition) is 2. The highest BCUT2D eigenvalue weighted by Crippen LogP contribution is 2.31. The maximum Gasteiger partial charge on any atom is 0.254 e. The molecule has 0 aliphatic rings. The third kappa shape index (κ3) is 3.85. The molecule has 0 unspecified atom stereocenters. The minimum atomic E-state index is -0.966. The van der Waals surface area contributed by atoms with E-state index in [9.17, 15) is 18.4 Å². The molecule has 0 radical (unpaired) electrons. The number of benzene rings is 1. The molecule has 3 rings (SSSR count). The Bertz CT molecular complexity index is 1070. The van der Waals surface area contributed by atoms with E-state index >= 15 is 0 Å². The summed E-state index contributed by atoms with van der Waals surface area (Å²) in [7, 11) is 1.36. The van der Waals surface area contributed by atoms with Crippen molar-refractivity contribution in [1.29, 1.82) is 0 Å². The molecule has 6 nitrogen and oxygen atoms in total. The van der Waals surface area contributed by atoms with E-state index < -0.39 is 17.5 Å². The van der Waals surface area contributed by atoms with E-state index in [0.29, 0.717) is 16.9 Å². The molecule has 0 atom stereocenters. The number of halogens is 2. The molecule has 2 N–H and O–H groups in total. The molecule has 3 aromatic rings. The van der Waals surface area contributed by atoms with Crippen LogP contribution in [0.5, 0.6) is 0 Å². The second-order valence-corrected chi connectivity index (χ2v) is 5.94. The van der Waals surface area contributed by atoms with Gasteiger partial charge in [-0.1, -0.05) is 0 Å². The zero-order valence-electron chi connectivity index (χ0n) is 15.1. The molecule has 0 fully saturated rings. The largest absolute Gasteiger partial charge is 0.355 e. The van der Waals surface area contributed by atoms with Crippen molar-refractivity contribution in [1.82, 2.24) is 15.3 Å². The normalized spacial score (nSPS) is 10.4. The lowest BCUT2D eigenvalue weighted by Crippen LogP contribution is -2.19. The van der Waals surface area contributed by atoms with Crippen LogP contribution in [0.25, 0.3) is 22.3 Å². The average molecular weight is 382 g/mol. The number of aromatic nitrogens is 2.